The maximum absolute atomic E-state index is 8.56. The fraction of sp³-hybridized carbons (Fsp3) is 0.500. The monoisotopic (exact) mass is 126 g/mol. The second kappa shape index (κ2) is 2.75. The van der Waals surface area contributed by atoms with Crippen LogP contribution in [0.3, 0.4) is 0 Å². The Balaban J connectivity index is 2.45. The van der Waals surface area contributed by atoms with Gasteiger partial charge in [-0.05, 0) is 0 Å². The Morgan fingerprint density at radius 2 is 2.67 bits per heavy atom. The maximum Gasteiger partial charge on any atom is 0.0668 e. The molecule has 3 heteroatoms. The van der Waals surface area contributed by atoms with Crippen molar-refractivity contribution in [1.29, 1.82) is 0 Å². The Labute approximate surface area is 53.9 Å². The Morgan fingerprint density at radius 1 is 1.89 bits per heavy atom. The summed E-state index contributed by atoms with van der Waals surface area (Å²) < 4.78 is 0. The van der Waals surface area contributed by atoms with Gasteiger partial charge in [0.2, 0.25) is 0 Å². The normalized spacial score (nSPS) is 20.0. The predicted octanol–water partition coefficient (Wildman–Crippen LogP) is -0.336. The molecule has 3 N–H and O–H groups in total. The number of hydrogen-bond donors (Lipinski definition) is 2. The highest BCUT2D eigenvalue weighted by Crippen LogP contribution is 2.01. The average molecular weight is 126 g/mol. The van der Waals surface area contributed by atoms with Gasteiger partial charge in [0.25, 0.3) is 0 Å². The molecule has 0 radical (unpaired) electrons. The van der Waals surface area contributed by atoms with Crippen LogP contribution in [0.25, 0.3) is 0 Å². The third-order valence-electron chi connectivity index (χ3n) is 1.30. The highest BCUT2D eigenvalue weighted by Gasteiger charge is 2.09. The standard InChI is InChI=1S/C6H10N2O/c7-5(4-9)6-2-1-3-8-6/h1,3,5,9H,2,4,7H2/t5-/m1/s1. The molecule has 9 heavy (non-hydrogen) atoms. The molecule has 1 rings (SSSR count). The van der Waals surface area contributed by atoms with Crippen molar-refractivity contribution in [2.75, 3.05) is 6.61 Å². The van der Waals surface area contributed by atoms with Gasteiger partial charge >= 0.3 is 0 Å². The van der Waals surface area contributed by atoms with E-state index in [-0.39, 0.29) is 12.6 Å². The van der Waals surface area contributed by atoms with Gasteiger partial charge in [-0.15, -0.1) is 0 Å². The molecule has 0 aliphatic carbocycles. The lowest BCUT2D eigenvalue weighted by Gasteiger charge is -2.05. The van der Waals surface area contributed by atoms with E-state index in [0.29, 0.717) is 0 Å². The van der Waals surface area contributed by atoms with Crippen molar-refractivity contribution in [3.8, 4) is 0 Å². The molecule has 0 saturated carbocycles. The van der Waals surface area contributed by atoms with Crippen LogP contribution in [0.2, 0.25) is 0 Å². The molecule has 0 bridgehead atoms. The predicted molar refractivity (Wildman–Crippen MR) is 36.3 cm³/mol. The first-order valence-electron chi connectivity index (χ1n) is 2.92. The largest absolute Gasteiger partial charge is 0.394 e. The zero-order chi connectivity index (χ0) is 6.69. The first kappa shape index (κ1) is 6.45. The number of nitrogens with two attached hydrogens (primary N) is 1. The molecule has 1 atom stereocenters. The van der Waals surface area contributed by atoms with Crippen LogP contribution in [0.15, 0.2) is 17.3 Å². The second-order valence-electron chi connectivity index (χ2n) is 2.00. The molecular weight excluding hydrogens is 116 g/mol. The summed E-state index contributed by atoms with van der Waals surface area (Å²) in [7, 11) is 0. The smallest absolute Gasteiger partial charge is 0.0668 e. The van der Waals surface area contributed by atoms with E-state index in [1.54, 1.807) is 6.20 Å². The lowest BCUT2D eigenvalue weighted by atomic mass is 10.1. The minimum atomic E-state index is -0.264. The summed E-state index contributed by atoms with van der Waals surface area (Å²) in [5, 5.41) is 8.56. The molecule has 3 nitrogen and oxygen atoms in total. The molecule has 0 amide bonds. The highest BCUT2D eigenvalue weighted by molar-refractivity contribution is 5.92. The Kier molecular flexibility index (Phi) is 1.97. The summed E-state index contributed by atoms with van der Waals surface area (Å²) in [6.07, 6.45) is 4.43. The fourth-order valence-corrected chi connectivity index (χ4v) is 0.727. The number of nitrogens with zero attached hydrogens (tertiary/aromatic N) is 1. The van der Waals surface area contributed by atoms with Crippen molar-refractivity contribution in [3.05, 3.63) is 12.3 Å². The number of hydrogen-bond acceptors (Lipinski definition) is 3. The van der Waals surface area contributed by atoms with Crippen molar-refractivity contribution in [3.63, 3.8) is 0 Å². The summed E-state index contributed by atoms with van der Waals surface area (Å²) >= 11 is 0. The maximum atomic E-state index is 8.56. The van der Waals surface area contributed by atoms with Gasteiger partial charge in [-0.25, -0.2) is 0 Å². The molecule has 0 aromatic heterocycles. The molecule has 0 aromatic carbocycles. The lowest BCUT2D eigenvalue weighted by molar-refractivity contribution is 0.289. The molecular formula is C6H10N2O. The molecule has 1 aliphatic rings. The van der Waals surface area contributed by atoms with E-state index in [9.17, 15) is 0 Å². The molecule has 0 aromatic rings. The number of aliphatic hydroxyl groups excluding tert-OH is 1. The third kappa shape index (κ3) is 1.37. The zero-order valence-electron chi connectivity index (χ0n) is 5.12. The van der Waals surface area contributed by atoms with Gasteiger partial charge in [-0.1, -0.05) is 6.08 Å². The zero-order valence-corrected chi connectivity index (χ0v) is 5.12. The summed E-state index contributed by atoms with van der Waals surface area (Å²) in [5.74, 6) is 0. The van der Waals surface area contributed by atoms with Crippen LogP contribution in [0, 0.1) is 0 Å². The van der Waals surface area contributed by atoms with E-state index >= 15 is 0 Å². The topological polar surface area (TPSA) is 58.6 Å². The first-order chi connectivity index (χ1) is 4.34. The first-order valence-corrected chi connectivity index (χ1v) is 2.92. The van der Waals surface area contributed by atoms with Crippen LogP contribution in [-0.2, 0) is 0 Å². The van der Waals surface area contributed by atoms with Gasteiger partial charge in [0.1, 0.15) is 0 Å². The van der Waals surface area contributed by atoms with Gasteiger partial charge < -0.3 is 10.8 Å². The molecule has 50 valence electrons. The van der Waals surface area contributed by atoms with Crippen molar-refractivity contribution in [1.82, 2.24) is 0 Å². The van der Waals surface area contributed by atoms with E-state index in [1.807, 2.05) is 6.08 Å². The Morgan fingerprint density at radius 3 is 3.11 bits per heavy atom. The van der Waals surface area contributed by atoms with Crippen LogP contribution in [0.4, 0.5) is 0 Å². The van der Waals surface area contributed by atoms with E-state index in [2.05, 4.69) is 4.99 Å². The van der Waals surface area contributed by atoms with Crippen LogP contribution in [-0.4, -0.2) is 23.5 Å². The van der Waals surface area contributed by atoms with Gasteiger partial charge in [0.05, 0.1) is 12.6 Å². The fourth-order valence-electron chi connectivity index (χ4n) is 0.727. The highest BCUT2D eigenvalue weighted by atomic mass is 16.3. The summed E-state index contributed by atoms with van der Waals surface area (Å²) in [4.78, 5) is 3.96. The molecule has 1 aliphatic heterocycles. The van der Waals surface area contributed by atoms with E-state index in [4.69, 9.17) is 10.8 Å². The van der Waals surface area contributed by atoms with E-state index in [1.165, 1.54) is 0 Å². The van der Waals surface area contributed by atoms with Crippen LogP contribution in [0.1, 0.15) is 6.42 Å². The number of allylic oxidation sites excluding steroid dienone is 1. The number of rotatable bonds is 2. The van der Waals surface area contributed by atoms with Crippen molar-refractivity contribution in [2.45, 2.75) is 12.5 Å². The third-order valence-corrected chi connectivity index (χ3v) is 1.30. The number of aliphatic imine (C=N–C) groups is 1. The van der Waals surface area contributed by atoms with Crippen molar-refractivity contribution in [2.24, 2.45) is 10.7 Å². The second-order valence-corrected chi connectivity index (χ2v) is 2.00. The minimum Gasteiger partial charge on any atom is -0.394 e. The summed E-state index contributed by atoms with van der Waals surface area (Å²) in [6, 6.07) is -0.264. The van der Waals surface area contributed by atoms with Gasteiger partial charge in [-0.3, -0.25) is 4.99 Å². The van der Waals surface area contributed by atoms with Crippen molar-refractivity contribution < 1.29 is 5.11 Å². The van der Waals surface area contributed by atoms with Gasteiger partial charge in [-0.2, -0.15) is 0 Å². The average Bonchev–Trinajstić information content (AvgIpc) is 2.37. The van der Waals surface area contributed by atoms with Gasteiger partial charge in [0, 0.05) is 18.3 Å². The van der Waals surface area contributed by atoms with E-state index < -0.39 is 0 Å². The quantitative estimate of drug-likeness (QED) is 0.532. The van der Waals surface area contributed by atoms with Crippen molar-refractivity contribution >= 4 is 5.71 Å². The summed E-state index contributed by atoms with van der Waals surface area (Å²) in [6.45, 7) is -0.0134. The van der Waals surface area contributed by atoms with E-state index in [0.717, 1.165) is 12.1 Å². The van der Waals surface area contributed by atoms with Crippen LogP contribution in [0.5, 0.6) is 0 Å². The summed E-state index contributed by atoms with van der Waals surface area (Å²) in [5.41, 5.74) is 6.33. The molecule has 0 spiro atoms. The lowest BCUT2D eigenvalue weighted by Crippen LogP contribution is -2.32. The molecule has 0 fully saturated rings. The molecule has 0 saturated heterocycles. The Bertz CT molecular complexity index is 151. The van der Waals surface area contributed by atoms with Crippen LogP contribution >= 0.6 is 0 Å². The number of aliphatic hydroxyl groups is 1. The Hall–Kier alpha value is -0.670. The van der Waals surface area contributed by atoms with Crippen LogP contribution < -0.4 is 5.73 Å². The SMILES string of the molecule is N[C@H](CO)C1=NC=CC1. The molecule has 0 unspecified atom stereocenters. The minimum absolute atomic E-state index is 0.0134. The molecule has 1 heterocycles. The van der Waals surface area contributed by atoms with Gasteiger partial charge in [0.15, 0.2) is 0 Å².